The molecule has 1 fully saturated rings. The van der Waals surface area contributed by atoms with Gasteiger partial charge in [0.1, 0.15) is 5.82 Å². The molecule has 1 aliphatic carbocycles. The fourth-order valence-electron chi connectivity index (χ4n) is 3.17. The van der Waals surface area contributed by atoms with Gasteiger partial charge >= 0.3 is 0 Å². The van der Waals surface area contributed by atoms with Crippen molar-refractivity contribution in [1.82, 2.24) is 4.90 Å². The number of nitrogens with two attached hydrogens (primary N) is 1. The molecule has 1 unspecified atom stereocenters. The predicted molar refractivity (Wildman–Crippen MR) is 74.7 cm³/mol. The van der Waals surface area contributed by atoms with Crippen LogP contribution in [0.1, 0.15) is 37.3 Å². The van der Waals surface area contributed by atoms with Crippen LogP contribution in [0.15, 0.2) is 23.2 Å². The van der Waals surface area contributed by atoms with Gasteiger partial charge in [0.15, 0.2) is 5.96 Å². The Hall–Kier alpha value is -1.29. The summed E-state index contributed by atoms with van der Waals surface area (Å²) in [4.78, 5) is 6.49. The molecule has 19 heavy (non-hydrogen) atoms. The van der Waals surface area contributed by atoms with Crippen molar-refractivity contribution in [3.8, 4) is 0 Å². The summed E-state index contributed by atoms with van der Waals surface area (Å²) in [5.74, 6) is 0.275. The van der Waals surface area contributed by atoms with E-state index < -0.39 is 0 Å². The molecule has 2 N–H and O–H groups in total. The highest BCUT2D eigenvalue weighted by atomic mass is 35.5. The SMILES string of the molecule is NC1=NCC(c2cc(F)cc(Cl)c2)N1C1CCCC1. The highest BCUT2D eigenvalue weighted by molar-refractivity contribution is 6.30. The minimum absolute atomic E-state index is 0.0244. The maximum Gasteiger partial charge on any atom is 0.192 e. The van der Waals surface area contributed by atoms with E-state index in [1.807, 2.05) is 6.07 Å². The first kappa shape index (κ1) is 12.7. The molecule has 0 radical (unpaired) electrons. The molecule has 1 aromatic carbocycles. The quantitative estimate of drug-likeness (QED) is 0.905. The Bertz CT molecular complexity index is 491. The van der Waals surface area contributed by atoms with Crippen LogP contribution in [-0.4, -0.2) is 23.4 Å². The number of hydrogen-bond acceptors (Lipinski definition) is 3. The normalized spacial score (nSPS) is 24.0. The highest BCUT2D eigenvalue weighted by Gasteiger charge is 2.34. The molecule has 1 aliphatic heterocycles. The Morgan fingerprint density at radius 1 is 1.26 bits per heavy atom. The van der Waals surface area contributed by atoms with Crippen LogP contribution in [0.2, 0.25) is 5.02 Å². The topological polar surface area (TPSA) is 41.6 Å². The Balaban J connectivity index is 1.90. The first-order valence-corrected chi connectivity index (χ1v) is 7.07. The van der Waals surface area contributed by atoms with Crippen LogP contribution in [0.25, 0.3) is 0 Å². The number of benzene rings is 1. The second kappa shape index (κ2) is 5.00. The Kier molecular flexibility index (Phi) is 3.35. The van der Waals surface area contributed by atoms with Crippen LogP contribution in [0, 0.1) is 5.82 Å². The fraction of sp³-hybridized carbons (Fsp3) is 0.500. The Morgan fingerprint density at radius 2 is 2.00 bits per heavy atom. The molecule has 1 heterocycles. The maximum absolute atomic E-state index is 13.5. The van der Waals surface area contributed by atoms with Gasteiger partial charge < -0.3 is 10.6 Å². The highest BCUT2D eigenvalue weighted by Crippen LogP contribution is 2.35. The molecule has 1 saturated carbocycles. The zero-order chi connectivity index (χ0) is 13.4. The van der Waals surface area contributed by atoms with Crippen LogP contribution < -0.4 is 5.73 Å². The van der Waals surface area contributed by atoms with E-state index in [0.717, 1.165) is 18.4 Å². The lowest BCUT2D eigenvalue weighted by molar-refractivity contribution is 0.262. The van der Waals surface area contributed by atoms with Crippen molar-refractivity contribution in [2.24, 2.45) is 10.7 Å². The summed E-state index contributed by atoms with van der Waals surface area (Å²) >= 11 is 5.95. The molecule has 3 rings (SSSR count). The van der Waals surface area contributed by atoms with Crippen LogP contribution in [0.4, 0.5) is 4.39 Å². The molecular formula is C14H17ClFN3. The molecule has 0 aromatic heterocycles. The first-order chi connectivity index (χ1) is 9.15. The second-order valence-electron chi connectivity index (χ2n) is 5.26. The third-order valence-electron chi connectivity index (χ3n) is 4.01. The monoisotopic (exact) mass is 281 g/mol. The van der Waals surface area contributed by atoms with E-state index in [0.29, 0.717) is 23.6 Å². The van der Waals surface area contributed by atoms with E-state index in [-0.39, 0.29) is 11.9 Å². The van der Waals surface area contributed by atoms with E-state index in [2.05, 4.69) is 9.89 Å². The summed E-state index contributed by atoms with van der Waals surface area (Å²) in [6, 6.07) is 5.12. The molecule has 0 saturated heterocycles. The average Bonchev–Trinajstić information content (AvgIpc) is 2.96. The summed E-state index contributed by atoms with van der Waals surface area (Å²) < 4.78 is 13.5. The van der Waals surface area contributed by atoms with Gasteiger partial charge in [0, 0.05) is 11.1 Å². The lowest BCUT2D eigenvalue weighted by Crippen LogP contribution is -2.42. The van der Waals surface area contributed by atoms with Gasteiger partial charge in [0.05, 0.1) is 12.6 Å². The van der Waals surface area contributed by atoms with Gasteiger partial charge in [0.2, 0.25) is 0 Å². The Morgan fingerprint density at radius 3 is 2.68 bits per heavy atom. The number of guanidine groups is 1. The minimum Gasteiger partial charge on any atom is -0.370 e. The summed E-state index contributed by atoms with van der Waals surface area (Å²) in [7, 11) is 0. The van der Waals surface area contributed by atoms with Gasteiger partial charge in [0.25, 0.3) is 0 Å². The molecule has 0 amide bonds. The van der Waals surface area contributed by atoms with Crippen molar-refractivity contribution >= 4 is 17.6 Å². The Labute approximate surface area is 117 Å². The molecule has 1 atom stereocenters. The van der Waals surface area contributed by atoms with E-state index >= 15 is 0 Å². The van der Waals surface area contributed by atoms with Gasteiger partial charge in [-0.1, -0.05) is 24.4 Å². The smallest absolute Gasteiger partial charge is 0.192 e. The maximum atomic E-state index is 13.5. The molecule has 0 bridgehead atoms. The van der Waals surface area contributed by atoms with Crippen molar-refractivity contribution in [2.75, 3.05) is 6.54 Å². The van der Waals surface area contributed by atoms with E-state index in [9.17, 15) is 4.39 Å². The summed E-state index contributed by atoms with van der Waals surface area (Å²) in [6.07, 6.45) is 4.72. The standard InChI is InChI=1S/C14H17ClFN3/c15-10-5-9(6-11(16)7-10)13-8-18-14(17)19(13)12-3-1-2-4-12/h5-7,12-13H,1-4,8H2,(H2,17,18). The van der Waals surface area contributed by atoms with Crippen molar-refractivity contribution in [3.63, 3.8) is 0 Å². The van der Waals surface area contributed by atoms with Crippen molar-refractivity contribution in [1.29, 1.82) is 0 Å². The first-order valence-electron chi connectivity index (χ1n) is 6.69. The van der Waals surface area contributed by atoms with Gasteiger partial charge in [-0.15, -0.1) is 0 Å². The summed E-state index contributed by atoms with van der Waals surface area (Å²) in [5, 5.41) is 0.423. The van der Waals surface area contributed by atoms with Gasteiger partial charge in [-0.2, -0.15) is 0 Å². The molecule has 1 aromatic rings. The number of nitrogens with zero attached hydrogens (tertiary/aromatic N) is 2. The zero-order valence-electron chi connectivity index (χ0n) is 10.6. The van der Waals surface area contributed by atoms with Gasteiger partial charge in [-0.05, 0) is 36.6 Å². The third kappa shape index (κ3) is 2.41. The van der Waals surface area contributed by atoms with Crippen LogP contribution >= 0.6 is 11.6 Å². The molecule has 0 spiro atoms. The third-order valence-corrected chi connectivity index (χ3v) is 4.23. The molecule has 3 nitrogen and oxygen atoms in total. The average molecular weight is 282 g/mol. The van der Waals surface area contributed by atoms with Crippen LogP contribution in [-0.2, 0) is 0 Å². The fourth-order valence-corrected chi connectivity index (χ4v) is 3.40. The second-order valence-corrected chi connectivity index (χ2v) is 5.70. The van der Waals surface area contributed by atoms with Crippen molar-refractivity contribution in [2.45, 2.75) is 37.8 Å². The number of halogens is 2. The largest absolute Gasteiger partial charge is 0.370 e. The molecule has 2 aliphatic rings. The number of hydrogen-bond donors (Lipinski definition) is 1. The van der Waals surface area contributed by atoms with Crippen molar-refractivity contribution < 1.29 is 4.39 Å². The lowest BCUT2D eigenvalue weighted by atomic mass is 10.0. The lowest BCUT2D eigenvalue weighted by Gasteiger charge is -2.32. The van der Waals surface area contributed by atoms with Gasteiger partial charge in [-0.3, -0.25) is 4.99 Å². The minimum atomic E-state index is -0.306. The number of aliphatic imine (C=N–C) groups is 1. The molecule has 5 heteroatoms. The van der Waals surface area contributed by atoms with Crippen LogP contribution in [0.5, 0.6) is 0 Å². The van der Waals surface area contributed by atoms with Gasteiger partial charge in [-0.25, -0.2) is 4.39 Å². The predicted octanol–water partition coefficient (Wildman–Crippen LogP) is 3.09. The van der Waals surface area contributed by atoms with Crippen LogP contribution in [0.3, 0.4) is 0 Å². The summed E-state index contributed by atoms with van der Waals surface area (Å²) in [5.41, 5.74) is 6.87. The zero-order valence-corrected chi connectivity index (χ0v) is 11.4. The molecular weight excluding hydrogens is 265 g/mol. The van der Waals surface area contributed by atoms with E-state index in [1.54, 1.807) is 0 Å². The van der Waals surface area contributed by atoms with E-state index in [4.69, 9.17) is 17.3 Å². The summed E-state index contributed by atoms with van der Waals surface area (Å²) in [6.45, 7) is 0.585. The molecule has 102 valence electrons. The van der Waals surface area contributed by atoms with E-state index in [1.165, 1.54) is 25.0 Å². The van der Waals surface area contributed by atoms with Crippen molar-refractivity contribution in [3.05, 3.63) is 34.6 Å². The number of rotatable bonds is 2.